The number of carbonyl (C=O) groups is 2. The third kappa shape index (κ3) is 5.28. The van der Waals surface area contributed by atoms with Gasteiger partial charge in [-0.3, -0.25) is 14.5 Å². The third-order valence-electron chi connectivity index (χ3n) is 5.72. The molecule has 4 aromatic rings. The monoisotopic (exact) mass is 502 g/mol. The summed E-state index contributed by atoms with van der Waals surface area (Å²) in [4.78, 5) is 27.0. The van der Waals surface area contributed by atoms with Crippen molar-refractivity contribution in [1.82, 2.24) is 9.47 Å². The molecule has 0 atom stereocenters. The van der Waals surface area contributed by atoms with Gasteiger partial charge in [0.25, 0.3) is 11.1 Å². The molecule has 182 valence electrons. The number of ether oxygens (including phenoxy) is 2. The Balaban J connectivity index is 1.27. The molecule has 5 rings (SSSR count). The van der Waals surface area contributed by atoms with Crippen LogP contribution in [0.2, 0.25) is 0 Å². The molecule has 0 unspecified atom stereocenters. The summed E-state index contributed by atoms with van der Waals surface area (Å²) in [6.07, 6.45) is 3.74. The Labute approximate surface area is 211 Å². The average molecular weight is 503 g/mol. The molecule has 36 heavy (non-hydrogen) atoms. The van der Waals surface area contributed by atoms with Crippen LogP contribution in [-0.4, -0.2) is 40.4 Å². The molecule has 8 heteroatoms. The van der Waals surface area contributed by atoms with Gasteiger partial charge in [-0.05, 0) is 60.3 Å². The first-order valence-corrected chi connectivity index (χ1v) is 12.3. The first-order chi connectivity index (χ1) is 17.6. The van der Waals surface area contributed by atoms with Crippen molar-refractivity contribution in [3.63, 3.8) is 0 Å². The Bertz CT molecular complexity index is 1420. The molecule has 0 radical (unpaired) electrons. The molecule has 0 saturated carbocycles. The Kier molecular flexibility index (Phi) is 7.04. The summed E-state index contributed by atoms with van der Waals surface area (Å²) in [5.41, 5.74) is 1.88. The first-order valence-electron chi connectivity index (χ1n) is 11.5. The summed E-state index contributed by atoms with van der Waals surface area (Å²) in [6.45, 7) is 1.35. The van der Waals surface area contributed by atoms with Gasteiger partial charge in [-0.1, -0.05) is 36.4 Å². The van der Waals surface area contributed by atoms with E-state index in [0.29, 0.717) is 23.8 Å². The number of thioether (sulfide) groups is 1. The molecule has 2 amide bonds. The van der Waals surface area contributed by atoms with E-state index in [4.69, 9.17) is 9.47 Å². The predicted molar refractivity (Wildman–Crippen MR) is 138 cm³/mol. The molecule has 1 aromatic heterocycles. The maximum Gasteiger partial charge on any atom is 0.293 e. The minimum atomic E-state index is -0.358. The minimum Gasteiger partial charge on any atom is -0.492 e. The fourth-order valence-electron chi connectivity index (χ4n) is 3.97. The zero-order chi connectivity index (χ0) is 24.9. The number of aromatic nitrogens is 1. The van der Waals surface area contributed by atoms with E-state index in [9.17, 15) is 14.0 Å². The van der Waals surface area contributed by atoms with E-state index in [-0.39, 0.29) is 30.1 Å². The number of hydrogen-bond donors (Lipinski definition) is 0. The van der Waals surface area contributed by atoms with Crippen molar-refractivity contribution in [2.24, 2.45) is 0 Å². The summed E-state index contributed by atoms with van der Waals surface area (Å²) in [5.74, 6) is 0.578. The van der Waals surface area contributed by atoms with Gasteiger partial charge in [0.1, 0.15) is 30.5 Å². The number of halogens is 1. The minimum absolute atomic E-state index is 0.109. The SMILES string of the molecule is O=C1S/C(=C/c2cn(CCOc3ccccc3)c3ccccc23)C(=O)N1CCOc1ccc(F)cc1. The maximum atomic E-state index is 13.0. The summed E-state index contributed by atoms with van der Waals surface area (Å²) >= 11 is 0.917. The van der Waals surface area contributed by atoms with Gasteiger partial charge in [-0.15, -0.1) is 0 Å². The van der Waals surface area contributed by atoms with Crippen LogP contribution >= 0.6 is 11.8 Å². The Morgan fingerprint density at radius 3 is 2.25 bits per heavy atom. The van der Waals surface area contributed by atoms with E-state index >= 15 is 0 Å². The highest BCUT2D eigenvalue weighted by Gasteiger charge is 2.35. The number of para-hydroxylation sites is 2. The van der Waals surface area contributed by atoms with Crippen LogP contribution in [0.25, 0.3) is 17.0 Å². The van der Waals surface area contributed by atoms with Crippen molar-refractivity contribution < 1.29 is 23.5 Å². The number of nitrogens with zero attached hydrogens (tertiary/aromatic N) is 2. The molecule has 3 aromatic carbocycles. The molecular weight excluding hydrogens is 479 g/mol. The van der Waals surface area contributed by atoms with Crippen LogP contribution in [0.4, 0.5) is 9.18 Å². The predicted octanol–water partition coefficient (Wildman–Crippen LogP) is 5.97. The van der Waals surface area contributed by atoms with Crippen LogP contribution in [0.5, 0.6) is 11.5 Å². The third-order valence-corrected chi connectivity index (χ3v) is 6.63. The zero-order valence-electron chi connectivity index (χ0n) is 19.3. The van der Waals surface area contributed by atoms with Crippen LogP contribution < -0.4 is 9.47 Å². The second kappa shape index (κ2) is 10.7. The summed E-state index contributed by atoms with van der Waals surface area (Å²) in [7, 11) is 0. The van der Waals surface area contributed by atoms with Gasteiger partial charge in [-0.25, -0.2) is 4.39 Å². The number of imide groups is 1. The van der Waals surface area contributed by atoms with Gasteiger partial charge < -0.3 is 14.0 Å². The number of rotatable bonds is 9. The standard InChI is InChI=1S/C28H23FN2O4S/c29-21-10-12-23(13-11-21)35-17-15-31-27(32)26(36-28(31)33)18-20-19-30(25-9-5-4-8-24(20)25)14-16-34-22-6-2-1-3-7-22/h1-13,18-19H,14-17H2/b26-18+. The van der Waals surface area contributed by atoms with Crippen LogP contribution in [-0.2, 0) is 11.3 Å². The number of carbonyl (C=O) groups excluding carboxylic acids is 2. The lowest BCUT2D eigenvalue weighted by Gasteiger charge is -2.13. The van der Waals surface area contributed by atoms with Crippen molar-refractivity contribution in [1.29, 1.82) is 0 Å². The molecule has 1 fully saturated rings. The van der Waals surface area contributed by atoms with E-state index in [1.807, 2.05) is 60.8 Å². The van der Waals surface area contributed by atoms with Gasteiger partial charge in [0, 0.05) is 22.7 Å². The van der Waals surface area contributed by atoms with Crippen molar-refractivity contribution in [2.45, 2.75) is 6.54 Å². The number of amides is 2. The van der Waals surface area contributed by atoms with Crippen molar-refractivity contribution in [3.05, 3.63) is 101 Å². The fraction of sp³-hybridized carbons (Fsp3) is 0.143. The molecule has 1 saturated heterocycles. The highest BCUT2D eigenvalue weighted by Crippen LogP contribution is 2.34. The topological polar surface area (TPSA) is 60.8 Å². The van der Waals surface area contributed by atoms with E-state index < -0.39 is 0 Å². The molecule has 0 bridgehead atoms. The van der Waals surface area contributed by atoms with Crippen LogP contribution in [0.15, 0.2) is 90.0 Å². The first kappa shape index (κ1) is 23.7. The van der Waals surface area contributed by atoms with Crippen molar-refractivity contribution in [2.75, 3.05) is 19.8 Å². The molecule has 0 spiro atoms. The van der Waals surface area contributed by atoms with Crippen molar-refractivity contribution >= 4 is 39.9 Å². The van der Waals surface area contributed by atoms with E-state index in [2.05, 4.69) is 4.57 Å². The molecule has 2 heterocycles. The highest BCUT2D eigenvalue weighted by molar-refractivity contribution is 8.18. The fourth-order valence-corrected chi connectivity index (χ4v) is 4.83. The van der Waals surface area contributed by atoms with Gasteiger partial charge in [0.2, 0.25) is 0 Å². The van der Waals surface area contributed by atoms with Crippen LogP contribution in [0.3, 0.4) is 0 Å². The van der Waals surface area contributed by atoms with Crippen molar-refractivity contribution in [3.8, 4) is 11.5 Å². The maximum absolute atomic E-state index is 13.0. The number of benzene rings is 3. The largest absolute Gasteiger partial charge is 0.492 e. The van der Waals surface area contributed by atoms with Crippen LogP contribution in [0.1, 0.15) is 5.56 Å². The Morgan fingerprint density at radius 2 is 1.47 bits per heavy atom. The smallest absolute Gasteiger partial charge is 0.293 e. The molecule has 0 N–H and O–H groups in total. The summed E-state index contributed by atoms with van der Waals surface area (Å²) in [5, 5.41) is 0.651. The molecule has 0 aliphatic carbocycles. The normalized spacial score (nSPS) is 14.7. The second-order valence-corrected chi connectivity index (χ2v) is 9.09. The van der Waals surface area contributed by atoms with E-state index in [1.165, 1.54) is 29.2 Å². The molecule has 1 aliphatic heterocycles. The highest BCUT2D eigenvalue weighted by atomic mass is 32.2. The number of fused-ring (bicyclic) bond motifs is 1. The lowest BCUT2D eigenvalue weighted by molar-refractivity contribution is -0.123. The summed E-state index contributed by atoms with van der Waals surface area (Å²) in [6, 6.07) is 23.2. The Morgan fingerprint density at radius 1 is 0.806 bits per heavy atom. The average Bonchev–Trinajstić information content (AvgIpc) is 3.37. The molecular formula is C28H23FN2O4S. The van der Waals surface area contributed by atoms with Gasteiger partial charge >= 0.3 is 0 Å². The van der Waals surface area contributed by atoms with E-state index in [0.717, 1.165) is 34.0 Å². The number of hydrogen-bond acceptors (Lipinski definition) is 5. The zero-order valence-corrected chi connectivity index (χ0v) is 20.1. The quantitative estimate of drug-likeness (QED) is 0.264. The lowest BCUT2D eigenvalue weighted by Crippen LogP contribution is -2.32. The molecule has 6 nitrogen and oxygen atoms in total. The lowest BCUT2D eigenvalue weighted by atomic mass is 10.1. The van der Waals surface area contributed by atoms with Crippen LogP contribution in [0, 0.1) is 5.82 Å². The van der Waals surface area contributed by atoms with Gasteiger partial charge in [-0.2, -0.15) is 0 Å². The Hall–Kier alpha value is -4.04. The molecule has 1 aliphatic rings. The van der Waals surface area contributed by atoms with E-state index in [1.54, 1.807) is 6.08 Å². The van der Waals surface area contributed by atoms with Gasteiger partial charge in [0.15, 0.2) is 0 Å². The van der Waals surface area contributed by atoms with Gasteiger partial charge in [0.05, 0.1) is 18.0 Å². The summed E-state index contributed by atoms with van der Waals surface area (Å²) < 4.78 is 26.5. The second-order valence-electron chi connectivity index (χ2n) is 8.09.